The summed E-state index contributed by atoms with van der Waals surface area (Å²) in [4.78, 5) is 25.3. The fourth-order valence-electron chi connectivity index (χ4n) is 3.25. The largest absolute Gasteiger partial charge is 0.378 e. The summed E-state index contributed by atoms with van der Waals surface area (Å²) in [7, 11) is 3.18. The summed E-state index contributed by atoms with van der Waals surface area (Å²) < 4.78 is 0. The van der Waals surface area contributed by atoms with Crippen molar-refractivity contribution >= 4 is 28.5 Å². The number of nitrogens with zero attached hydrogens (tertiary/aromatic N) is 3. The third-order valence-electron chi connectivity index (χ3n) is 4.78. The van der Waals surface area contributed by atoms with E-state index in [9.17, 15) is 9.90 Å². The van der Waals surface area contributed by atoms with Gasteiger partial charge < -0.3 is 15.0 Å². The van der Waals surface area contributed by atoms with E-state index in [1.54, 1.807) is 32.6 Å². The van der Waals surface area contributed by atoms with E-state index in [1.165, 1.54) is 11.1 Å². The van der Waals surface area contributed by atoms with Crippen LogP contribution in [0.4, 0.5) is 0 Å². The summed E-state index contributed by atoms with van der Waals surface area (Å²) in [6, 6.07) is 11.6. The molecule has 4 rings (SSSR count). The van der Waals surface area contributed by atoms with Crippen LogP contribution in [0.5, 0.6) is 0 Å². The minimum atomic E-state index is -1.29. The van der Waals surface area contributed by atoms with Crippen LogP contribution in [0.25, 0.3) is 33.3 Å². The van der Waals surface area contributed by atoms with Crippen LogP contribution in [0.2, 0.25) is 5.02 Å². The van der Waals surface area contributed by atoms with Crippen molar-refractivity contribution in [3.05, 3.63) is 71.8 Å². The summed E-state index contributed by atoms with van der Waals surface area (Å²) in [5, 5.41) is 11.7. The SMILES string of the molecule is CN(C)C(=O)C(O)c1cncc(-c2cnc3[nH]cc(-c4ccccc4)c3c2Cl)c1. The van der Waals surface area contributed by atoms with Gasteiger partial charge in [-0.1, -0.05) is 41.9 Å². The lowest BCUT2D eigenvalue weighted by Crippen LogP contribution is -2.28. The fourth-order valence-corrected chi connectivity index (χ4v) is 3.59. The van der Waals surface area contributed by atoms with Gasteiger partial charge in [-0.15, -0.1) is 0 Å². The molecular formula is C22H19ClN4O2. The van der Waals surface area contributed by atoms with Crippen molar-refractivity contribution in [2.45, 2.75) is 6.10 Å². The number of hydrogen-bond donors (Lipinski definition) is 2. The molecule has 1 amide bonds. The monoisotopic (exact) mass is 406 g/mol. The first kappa shape index (κ1) is 19.1. The van der Waals surface area contributed by atoms with Crippen LogP contribution >= 0.6 is 11.6 Å². The number of H-pyrrole nitrogens is 1. The Hall–Kier alpha value is -3.22. The molecule has 0 saturated carbocycles. The molecule has 4 aromatic rings. The van der Waals surface area contributed by atoms with Crippen LogP contribution < -0.4 is 0 Å². The van der Waals surface area contributed by atoms with Gasteiger partial charge in [0.25, 0.3) is 5.91 Å². The molecule has 29 heavy (non-hydrogen) atoms. The van der Waals surface area contributed by atoms with E-state index < -0.39 is 12.0 Å². The Labute approximate surface area is 172 Å². The van der Waals surface area contributed by atoms with Crippen molar-refractivity contribution in [1.82, 2.24) is 19.9 Å². The average Bonchev–Trinajstić information content (AvgIpc) is 3.18. The number of aromatic nitrogens is 3. The zero-order valence-corrected chi connectivity index (χ0v) is 16.7. The molecule has 0 bridgehead atoms. The van der Waals surface area contributed by atoms with Gasteiger partial charge in [-0.25, -0.2) is 4.98 Å². The first-order valence-electron chi connectivity index (χ1n) is 9.03. The highest BCUT2D eigenvalue weighted by Gasteiger charge is 2.21. The Morgan fingerprint density at radius 3 is 2.59 bits per heavy atom. The number of carbonyl (C=O) groups is 1. The summed E-state index contributed by atoms with van der Waals surface area (Å²) in [5.41, 5.74) is 4.41. The third-order valence-corrected chi connectivity index (χ3v) is 5.18. The molecular weight excluding hydrogens is 388 g/mol. The summed E-state index contributed by atoms with van der Waals surface area (Å²) >= 11 is 6.79. The van der Waals surface area contributed by atoms with E-state index >= 15 is 0 Å². The van der Waals surface area contributed by atoms with Crippen LogP contribution in [0.15, 0.2) is 61.2 Å². The molecule has 0 aliphatic heterocycles. The van der Waals surface area contributed by atoms with Crippen LogP contribution in [0.1, 0.15) is 11.7 Å². The minimum Gasteiger partial charge on any atom is -0.378 e. The van der Waals surface area contributed by atoms with Gasteiger partial charge in [0.2, 0.25) is 0 Å². The molecule has 0 saturated heterocycles. The Balaban J connectivity index is 1.82. The standard InChI is InChI=1S/C22H19ClN4O2/c1-27(2)22(29)20(28)15-8-14(9-24-10-15)17-12-26-21-18(19(17)23)16(11-25-21)13-6-4-3-5-7-13/h3-12,20,28H,1-2H3,(H,25,26). The van der Waals surface area contributed by atoms with Crippen molar-refractivity contribution in [3.63, 3.8) is 0 Å². The van der Waals surface area contributed by atoms with Crippen LogP contribution in [-0.2, 0) is 4.79 Å². The Kier molecular flexibility index (Phi) is 5.05. The molecule has 1 aromatic carbocycles. The van der Waals surface area contributed by atoms with Gasteiger partial charge in [0, 0.05) is 66.5 Å². The van der Waals surface area contributed by atoms with Gasteiger partial charge in [-0.2, -0.15) is 0 Å². The maximum absolute atomic E-state index is 12.1. The second-order valence-electron chi connectivity index (χ2n) is 6.92. The predicted octanol–water partition coefficient (Wildman–Crippen LogP) is 4.07. The first-order chi connectivity index (χ1) is 14.0. The topological polar surface area (TPSA) is 82.1 Å². The van der Waals surface area contributed by atoms with Gasteiger partial charge in [-0.05, 0) is 11.6 Å². The van der Waals surface area contributed by atoms with E-state index in [2.05, 4.69) is 15.0 Å². The lowest BCUT2D eigenvalue weighted by molar-refractivity contribution is -0.137. The maximum Gasteiger partial charge on any atom is 0.255 e. The van der Waals surface area contributed by atoms with Crippen LogP contribution in [-0.4, -0.2) is 45.0 Å². The van der Waals surface area contributed by atoms with E-state index in [0.717, 1.165) is 16.5 Å². The van der Waals surface area contributed by atoms with Gasteiger partial charge in [0.15, 0.2) is 6.10 Å². The van der Waals surface area contributed by atoms with E-state index in [1.807, 2.05) is 36.5 Å². The molecule has 0 fully saturated rings. The smallest absolute Gasteiger partial charge is 0.255 e. The molecule has 7 heteroatoms. The van der Waals surface area contributed by atoms with Crippen molar-refractivity contribution in [2.75, 3.05) is 14.1 Å². The summed E-state index contributed by atoms with van der Waals surface area (Å²) in [6.45, 7) is 0. The number of nitrogens with one attached hydrogen (secondary N) is 1. The lowest BCUT2D eigenvalue weighted by atomic mass is 10.0. The predicted molar refractivity (Wildman–Crippen MR) is 113 cm³/mol. The molecule has 0 aliphatic rings. The van der Waals surface area contributed by atoms with E-state index in [0.29, 0.717) is 27.4 Å². The maximum atomic E-state index is 12.1. The number of amides is 1. The number of aliphatic hydroxyl groups is 1. The molecule has 3 aromatic heterocycles. The molecule has 2 N–H and O–H groups in total. The van der Waals surface area contributed by atoms with E-state index in [4.69, 9.17) is 11.6 Å². The lowest BCUT2D eigenvalue weighted by Gasteiger charge is -2.16. The molecule has 146 valence electrons. The van der Waals surface area contributed by atoms with Crippen molar-refractivity contribution < 1.29 is 9.90 Å². The van der Waals surface area contributed by atoms with Crippen LogP contribution in [0.3, 0.4) is 0 Å². The van der Waals surface area contributed by atoms with Gasteiger partial charge in [0.1, 0.15) is 5.65 Å². The van der Waals surface area contributed by atoms with Crippen molar-refractivity contribution in [2.24, 2.45) is 0 Å². The molecule has 0 aliphatic carbocycles. The minimum absolute atomic E-state index is 0.398. The zero-order chi connectivity index (χ0) is 20.5. The molecule has 6 nitrogen and oxygen atoms in total. The number of rotatable bonds is 4. The number of hydrogen-bond acceptors (Lipinski definition) is 4. The number of pyridine rings is 2. The van der Waals surface area contributed by atoms with Crippen LogP contribution in [0, 0.1) is 0 Å². The number of halogens is 1. The molecule has 0 spiro atoms. The number of likely N-dealkylation sites (N-methyl/N-ethyl adjacent to an activating group) is 1. The third kappa shape index (κ3) is 3.48. The molecule has 0 radical (unpaired) electrons. The first-order valence-corrected chi connectivity index (χ1v) is 9.40. The Morgan fingerprint density at radius 2 is 1.86 bits per heavy atom. The normalized spacial score (nSPS) is 12.1. The summed E-state index contributed by atoms with van der Waals surface area (Å²) in [5.74, 6) is -0.416. The van der Waals surface area contributed by atoms with Crippen molar-refractivity contribution in [1.29, 1.82) is 0 Å². The van der Waals surface area contributed by atoms with E-state index in [-0.39, 0.29) is 0 Å². The average molecular weight is 407 g/mol. The number of aliphatic hydroxyl groups excluding tert-OH is 1. The van der Waals surface area contributed by atoms with Gasteiger partial charge in [0.05, 0.1) is 5.02 Å². The molecule has 3 heterocycles. The number of fused-ring (bicyclic) bond motifs is 1. The highest BCUT2D eigenvalue weighted by atomic mass is 35.5. The Bertz CT molecular complexity index is 1190. The number of benzene rings is 1. The summed E-state index contributed by atoms with van der Waals surface area (Å²) in [6.07, 6.45) is 5.37. The molecule has 1 atom stereocenters. The fraction of sp³-hybridized carbons (Fsp3) is 0.136. The van der Waals surface area contributed by atoms with Crippen molar-refractivity contribution in [3.8, 4) is 22.3 Å². The second kappa shape index (κ2) is 7.66. The number of carbonyl (C=O) groups excluding carboxylic acids is 1. The Morgan fingerprint density at radius 1 is 1.10 bits per heavy atom. The highest BCUT2D eigenvalue weighted by molar-refractivity contribution is 6.39. The van der Waals surface area contributed by atoms with Gasteiger partial charge >= 0.3 is 0 Å². The second-order valence-corrected chi connectivity index (χ2v) is 7.30. The number of aromatic amines is 1. The zero-order valence-electron chi connectivity index (χ0n) is 15.9. The highest BCUT2D eigenvalue weighted by Crippen LogP contribution is 2.38. The van der Waals surface area contributed by atoms with Gasteiger partial charge in [-0.3, -0.25) is 9.78 Å². The quantitative estimate of drug-likeness (QED) is 0.535. The molecule has 1 unspecified atom stereocenters.